The molecule has 1 saturated heterocycles. The van der Waals surface area contributed by atoms with Crippen LogP contribution in [0.4, 0.5) is 11.5 Å². The first kappa shape index (κ1) is 20.5. The van der Waals surface area contributed by atoms with E-state index in [4.69, 9.17) is 10.5 Å². The highest BCUT2D eigenvalue weighted by Gasteiger charge is 2.19. The number of nitrogens with one attached hydrogen (secondary N) is 1. The van der Waals surface area contributed by atoms with Gasteiger partial charge in [-0.15, -0.1) is 0 Å². The first-order valence-corrected chi connectivity index (χ1v) is 11.2. The quantitative estimate of drug-likeness (QED) is 0.460. The summed E-state index contributed by atoms with van der Waals surface area (Å²) in [4.78, 5) is 15.3. The van der Waals surface area contributed by atoms with E-state index in [0.29, 0.717) is 11.7 Å². The number of hydrogen-bond donors (Lipinski definition) is 2. The van der Waals surface area contributed by atoms with Crippen LogP contribution in [0.15, 0.2) is 61.1 Å². The molecule has 2 aromatic heterocycles. The summed E-state index contributed by atoms with van der Waals surface area (Å²) in [6, 6.07) is 16.1. The Labute approximate surface area is 187 Å². The summed E-state index contributed by atoms with van der Waals surface area (Å²) in [5.41, 5.74) is 8.90. The molecule has 1 fully saturated rings. The van der Waals surface area contributed by atoms with Crippen LogP contribution in [0.2, 0.25) is 0 Å². The molecule has 0 unspecified atom stereocenters. The highest BCUT2D eigenvalue weighted by molar-refractivity contribution is 5.91. The van der Waals surface area contributed by atoms with E-state index in [1.165, 1.54) is 11.7 Å². The number of ether oxygens (including phenoxy) is 1. The third-order valence-corrected chi connectivity index (χ3v) is 6.22. The highest BCUT2D eigenvalue weighted by atomic mass is 16.5. The van der Waals surface area contributed by atoms with Gasteiger partial charge in [-0.1, -0.05) is 18.2 Å². The van der Waals surface area contributed by atoms with Crippen molar-refractivity contribution in [2.45, 2.75) is 12.8 Å². The van der Waals surface area contributed by atoms with Crippen LogP contribution < -0.4 is 15.8 Å². The van der Waals surface area contributed by atoms with Crippen molar-refractivity contribution in [3.8, 4) is 5.75 Å². The van der Waals surface area contributed by atoms with E-state index in [1.54, 1.807) is 0 Å². The van der Waals surface area contributed by atoms with Gasteiger partial charge in [0.2, 0.25) is 0 Å². The molecule has 3 heterocycles. The summed E-state index contributed by atoms with van der Waals surface area (Å²) in [6.07, 6.45) is 5.67. The van der Waals surface area contributed by atoms with Crippen LogP contribution in [0.25, 0.3) is 21.8 Å². The standard InChI is InChI=1S/C25H28N6O/c26-25-21-6-5-19(15-24(21)29-17-30-25)32-16-18-8-12-31(13-9-18)14-11-28-23-7-10-27-22-4-2-1-3-20(22)23/h1-7,10,15,17-18H,8-9,11-14,16H2,(H,27,28)(H2,26,29,30). The zero-order valence-corrected chi connectivity index (χ0v) is 18.1. The van der Waals surface area contributed by atoms with Gasteiger partial charge in [-0.3, -0.25) is 4.98 Å². The second-order valence-corrected chi connectivity index (χ2v) is 8.34. The minimum atomic E-state index is 0.500. The van der Waals surface area contributed by atoms with Crippen LogP contribution in [-0.4, -0.2) is 52.6 Å². The van der Waals surface area contributed by atoms with Crippen LogP contribution in [-0.2, 0) is 0 Å². The lowest BCUT2D eigenvalue weighted by Crippen LogP contribution is -2.38. The monoisotopic (exact) mass is 428 g/mol. The van der Waals surface area contributed by atoms with E-state index < -0.39 is 0 Å². The van der Waals surface area contributed by atoms with Crippen molar-refractivity contribution >= 4 is 33.3 Å². The number of nitrogens with two attached hydrogens (primary N) is 1. The van der Waals surface area contributed by atoms with Gasteiger partial charge in [-0.2, -0.15) is 0 Å². The van der Waals surface area contributed by atoms with Gasteiger partial charge in [-0.05, 0) is 56.1 Å². The molecule has 0 spiro atoms. The molecular weight excluding hydrogens is 400 g/mol. The Hall–Kier alpha value is -3.45. The minimum absolute atomic E-state index is 0.500. The summed E-state index contributed by atoms with van der Waals surface area (Å²) in [7, 11) is 0. The predicted octanol–water partition coefficient (Wildman–Crippen LogP) is 3.96. The van der Waals surface area contributed by atoms with Crippen molar-refractivity contribution in [3.63, 3.8) is 0 Å². The molecule has 1 aliphatic rings. The molecule has 5 rings (SSSR count). The molecule has 0 aliphatic carbocycles. The number of pyridine rings is 1. The molecule has 0 saturated carbocycles. The smallest absolute Gasteiger partial charge is 0.134 e. The summed E-state index contributed by atoms with van der Waals surface area (Å²) in [5.74, 6) is 1.92. The molecule has 7 nitrogen and oxygen atoms in total. The molecule has 0 atom stereocenters. The Morgan fingerprint density at radius 2 is 1.84 bits per heavy atom. The number of hydrogen-bond acceptors (Lipinski definition) is 7. The van der Waals surface area contributed by atoms with Crippen molar-refractivity contribution in [1.29, 1.82) is 0 Å². The van der Waals surface area contributed by atoms with Gasteiger partial charge >= 0.3 is 0 Å². The number of benzene rings is 2. The molecule has 1 aliphatic heterocycles. The van der Waals surface area contributed by atoms with E-state index in [0.717, 1.165) is 73.5 Å². The second kappa shape index (κ2) is 9.36. The minimum Gasteiger partial charge on any atom is -0.493 e. The largest absolute Gasteiger partial charge is 0.493 e. The first-order chi connectivity index (χ1) is 15.8. The molecule has 4 aromatic rings. The van der Waals surface area contributed by atoms with Crippen molar-refractivity contribution < 1.29 is 4.74 Å². The van der Waals surface area contributed by atoms with Gasteiger partial charge in [0, 0.05) is 41.8 Å². The number of fused-ring (bicyclic) bond motifs is 2. The highest BCUT2D eigenvalue weighted by Crippen LogP contribution is 2.24. The Kier molecular flexibility index (Phi) is 5.98. The van der Waals surface area contributed by atoms with Crippen LogP contribution >= 0.6 is 0 Å². The molecular formula is C25H28N6O. The zero-order chi connectivity index (χ0) is 21.8. The Bertz CT molecular complexity index is 1200. The van der Waals surface area contributed by atoms with Crippen molar-refractivity contribution in [3.05, 3.63) is 61.1 Å². The number of nitrogen functional groups attached to an aromatic ring is 1. The van der Waals surface area contributed by atoms with E-state index in [-0.39, 0.29) is 0 Å². The number of likely N-dealkylation sites (tertiary alicyclic amines) is 1. The van der Waals surface area contributed by atoms with Crippen LogP contribution in [0.3, 0.4) is 0 Å². The van der Waals surface area contributed by atoms with Gasteiger partial charge in [0.15, 0.2) is 0 Å². The lowest BCUT2D eigenvalue weighted by atomic mass is 9.98. The van der Waals surface area contributed by atoms with Crippen molar-refractivity contribution in [1.82, 2.24) is 19.9 Å². The van der Waals surface area contributed by atoms with E-state index >= 15 is 0 Å². The van der Waals surface area contributed by atoms with Crippen molar-refractivity contribution in [2.24, 2.45) is 5.92 Å². The van der Waals surface area contributed by atoms with E-state index in [9.17, 15) is 0 Å². The summed E-state index contributed by atoms with van der Waals surface area (Å²) < 4.78 is 6.07. The average Bonchev–Trinajstić information content (AvgIpc) is 2.84. The summed E-state index contributed by atoms with van der Waals surface area (Å²) >= 11 is 0. The zero-order valence-electron chi connectivity index (χ0n) is 18.1. The number of anilines is 2. The number of para-hydroxylation sites is 1. The molecule has 7 heteroatoms. The molecule has 0 radical (unpaired) electrons. The van der Waals surface area contributed by atoms with Gasteiger partial charge in [0.25, 0.3) is 0 Å². The van der Waals surface area contributed by atoms with Gasteiger partial charge < -0.3 is 20.7 Å². The number of nitrogens with zero attached hydrogens (tertiary/aromatic N) is 4. The van der Waals surface area contributed by atoms with Gasteiger partial charge in [0.1, 0.15) is 17.9 Å². The van der Waals surface area contributed by atoms with Crippen LogP contribution in [0.5, 0.6) is 5.75 Å². The second-order valence-electron chi connectivity index (χ2n) is 8.34. The Balaban J connectivity index is 1.07. The maximum Gasteiger partial charge on any atom is 0.134 e. The van der Waals surface area contributed by atoms with Crippen LogP contribution in [0.1, 0.15) is 12.8 Å². The molecule has 32 heavy (non-hydrogen) atoms. The average molecular weight is 429 g/mol. The summed E-state index contributed by atoms with van der Waals surface area (Å²) in [5, 5.41) is 5.62. The molecule has 0 amide bonds. The van der Waals surface area contributed by atoms with Gasteiger partial charge in [0.05, 0.1) is 17.6 Å². The third kappa shape index (κ3) is 4.57. The van der Waals surface area contributed by atoms with Crippen LogP contribution in [0, 0.1) is 5.92 Å². The van der Waals surface area contributed by atoms with E-state index in [2.05, 4.69) is 49.4 Å². The fraction of sp³-hybridized carbons (Fsp3) is 0.320. The maximum atomic E-state index is 6.07. The summed E-state index contributed by atoms with van der Waals surface area (Å²) in [6.45, 7) is 4.91. The SMILES string of the molecule is Nc1ncnc2cc(OCC3CCN(CCNc4ccnc5ccccc45)CC3)ccc12. The number of rotatable bonds is 7. The van der Waals surface area contributed by atoms with Crippen molar-refractivity contribution in [2.75, 3.05) is 43.8 Å². The third-order valence-electron chi connectivity index (χ3n) is 6.22. The number of piperidine rings is 1. The Morgan fingerprint density at radius 1 is 0.969 bits per heavy atom. The fourth-order valence-corrected chi connectivity index (χ4v) is 4.34. The Morgan fingerprint density at radius 3 is 2.75 bits per heavy atom. The molecule has 0 bridgehead atoms. The lowest BCUT2D eigenvalue weighted by molar-refractivity contribution is 0.145. The lowest BCUT2D eigenvalue weighted by Gasteiger charge is -2.32. The molecule has 164 valence electrons. The topological polar surface area (TPSA) is 89.2 Å². The van der Waals surface area contributed by atoms with Gasteiger partial charge in [-0.25, -0.2) is 9.97 Å². The number of aromatic nitrogens is 3. The maximum absolute atomic E-state index is 6.07. The first-order valence-electron chi connectivity index (χ1n) is 11.2. The van der Waals surface area contributed by atoms with E-state index in [1.807, 2.05) is 30.5 Å². The molecule has 2 aromatic carbocycles. The normalized spacial score (nSPS) is 15.2. The molecule has 3 N–H and O–H groups in total. The fourth-order valence-electron chi connectivity index (χ4n) is 4.34. The predicted molar refractivity (Wildman–Crippen MR) is 129 cm³/mol.